The number of hydrogen-bond acceptors (Lipinski definition) is 3. The van der Waals surface area contributed by atoms with Crippen LogP contribution in [0.2, 0.25) is 0 Å². The lowest BCUT2D eigenvalue weighted by Gasteiger charge is -2.19. The monoisotopic (exact) mass is 347 g/mol. The predicted octanol–water partition coefficient (Wildman–Crippen LogP) is 2.08. The summed E-state index contributed by atoms with van der Waals surface area (Å²) in [5.74, 6) is -0.434. The number of anilines is 1. The van der Waals surface area contributed by atoms with Gasteiger partial charge in [-0.3, -0.25) is 9.59 Å². The number of nitrogens with two attached hydrogens (primary N) is 1. The number of amides is 2. The molecule has 2 aromatic rings. The Morgan fingerprint density at radius 1 is 1.29 bits per heavy atom. The van der Waals surface area contributed by atoms with E-state index >= 15 is 0 Å². The van der Waals surface area contributed by atoms with Gasteiger partial charge in [0.25, 0.3) is 0 Å². The lowest BCUT2D eigenvalue weighted by Crippen LogP contribution is -2.41. The lowest BCUT2D eigenvalue weighted by molar-refractivity contribution is -0.126. The summed E-state index contributed by atoms with van der Waals surface area (Å²) in [5.41, 5.74) is 6.41. The van der Waals surface area contributed by atoms with Crippen LogP contribution in [-0.4, -0.2) is 30.9 Å². The first kappa shape index (κ1) is 18.2. The van der Waals surface area contributed by atoms with Gasteiger partial charge in [-0.25, -0.2) is 0 Å². The van der Waals surface area contributed by atoms with Gasteiger partial charge in [-0.1, -0.05) is 36.4 Å². The van der Waals surface area contributed by atoms with E-state index in [2.05, 4.69) is 5.32 Å². The Morgan fingerprint density at radius 3 is 2.75 bits per heavy atom. The number of rotatable bonds is 4. The van der Waals surface area contributed by atoms with Crippen molar-refractivity contribution in [2.45, 2.75) is 19.4 Å². The molecule has 5 nitrogen and oxygen atoms in total. The highest BCUT2D eigenvalue weighted by molar-refractivity contribution is 6.06. The van der Waals surface area contributed by atoms with E-state index in [0.29, 0.717) is 13.1 Å². The molecule has 0 saturated carbocycles. The summed E-state index contributed by atoms with van der Waals surface area (Å²) in [6, 6.07) is 13.8. The average molecular weight is 348 g/mol. The Bertz CT molecular complexity index is 745. The van der Waals surface area contributed by atoms with Crippen molar-refractivity contribution in [3.05, 3.63) is 42.5 Å². The molecule has 128 valence electrons. The second-order valence-corrected chi connectivity index (χ2v) is 6.05. The molecule has 0 aromatic heterocycles. The van der Waals surface area contributed by atoms with Crippen molar-refractivity contribution in [3.8, 4) is 0 Å². The molecule has 1 saturated heterocycles. The number of carbonyl (C=O) groups is 2. The van der Waals surface area contributed by atoms with Gasteiger partial charge in [0.15, 0.2) is 0 Å². The molecule has 24 heavy (non-hydrogen) atoms. The number of fused-ring (bicyclic) bond motifs is 1. The van der Waals surface area contributed by atoms with Gasteiger partial charge < -0.3 is 16.0 Å². The van der Waals surface area contributed by atoms with Gasteiger partial charge in [-0.05, 0) is 18.4 Å². The van der Waals surface area contributed by atoms with Gasteiger partial charge in [-0.2, -0.15) is 0 Å². The minimum atomic E-state index is -0.324. The van der Waals surface area contributed by atoms with E-state index in [4.69, 9.17) is 5.73 Å². The third-order valence-electron chi connectivity index (χ3n) is 4.30. The summed E-state index contributed by atoms with van der Waals surface area (Å²) in [6.45, 7) is 2.66. The van der Waals surface area contributed by atoms with Gasteiger partial charge in [0.1, 0.15) is 0 Å². The van der Waals surface area contributed by atoms with Crippen molar-refractivity contribution < 1.29 is 9.59 Å². The molecule has 1 unspecified atom stereocenters. The number of carbonyl (C=O) groups excluding carboxylic acids is 2. The highest BCUT2D eigenvalue weighted by Gasteiger charge is 2.35. The van der Waals surface area contributed by atoms with Gasteiger partial charge in [0.2, 0.25) is 11.8 Å². The molecule has 0 bridgehead atoms. The van der Waals surface area contributed by atoms with Crippen molar-refractivity contribution in [2.24, 2.45) is 11.7 Å². The van der Waals surface area contributed by atoms with Crippen molar-refractivity contribution in [1.29, 1.82) is 0 Å². The average Bonchev–Trinajstić information content (AvgIpc) is 2.96. The topological polar surface area (TPSA) is 75.4 Å². The van der Waals surface area contributed by atoms with E-state index in [1.165, 1.54) is 0 Å². The SMILES string of the molecule is C[C@@H](CN)NC(=O)C1CC(=O)N(c2cccc3ccccc23)C1.Cl. The van der Waals surface area contributed by atoms with Crippen molar-refractivity contribution in [2.75, 3.05) is 18.0 Å². The largest absolute Gasteiger partial charge is 0.352 e. The van der Waals surface area contributed by atoms with Crippen LogP contribution in [-0.2, 0) is 9.59 Å². The molecule has 1 heterocycles. The highest BCUT2D eigenvalue weighted by Crippen LogP contribution is 2.31. The smallest absolute Gasteiger partial charge is 0.227 e. The van der Waals surface area contributed by atoms with E-state index in [9.17, 15) is 9.59 Å². The molecule has 0 radical (unpaired) electrons. The maximum absolute atomic E-state index is 12.4. The van der Waals surface area contributed by atoms with Crippen LogP contribution in [0, 0.1) is 5.92 Å². The molecule has 2 atom stereocenters. The zero-order valence-electron chi connectivity index (χ0n) is 13.6. The van der Waals surface area contributed by atoms with Gasteiger partial charge in [0, 0.05) is 30.9 Å². The van der Waals surface area contributed by atoms with E-state index in [1.807, 2.05) is 49.4 Å². The standard InChI is InChI=1S/C18H21N3O2.ClH/c1-12(10-19)20-18(23)14-9-17(22)21(11-14)16-8-4-6-13-5-2-3-7-15(13)16;/h2-8,12,14H,9-11,19H2,1H3,(H,20,23);1H/t12-,14?;/m0./s1. The summed E-state index contributed by atoms with van der Waals surface area (Å²) in [7, 11) is 0. The van der Waals surface area contributed by atoms with E-state index in [0.717, 1.165) is 16.5 Å². The zero-order chi connectivity index (χ0) is 16.4. The number of nitrogens with one attached hydrogen (secondary N) is 1. The number of halogens is 1. The van der Waals surface area contributed by atoms with Crippen molar-refractivity contribution in [1.82, 2.24) is 5.32 Å². The zero-order valence-corrected chi connectivity index (χ0v) is 14.4. The fourth-order valence-corrected chi connectivity index (χ4v) is 2.98. The Hall–Kier alpha value is -2.11. The second kappa shape index (κ2) is 7.64. The molecule has 1 aliphatic heterocycles. The number of nitrogens with zero attached hydrogens (tertiary/aromatic N) is 1. The molecule has 2 amide bonds. The van der Waals surface area contributed by atoms with Crippen molar-refractivity contribution in [3.63, 3.8) is 0 Å². The first-order valence-electron chi connectivity index (χ1n) is 7.88. The van der Waals surface area contributed by atoms with Gasteiger partial charge in [-0.15, -0.1) is 12.4 Å². The lowest BCUT2D eigenvalue weighted by atomic mass is 10.1. The number of hydrogen-bond donors (Lipinski definition) is 2. The van der Waals surface area contributed by atoms with E-state index in [-0.39, 0.29) is 42.6 Å². The maximum atomic E-state index is 12.4. The van der Waals surface area contributed by atoms with Crippen LogP contribution in [0.4, 0.5) is 5.69 Å². The first-order chi connectivity index (χ1) is 11.1. The Morgan fingerprint density at radius 2 is 2.00 bits per heavy atom. The van der Waals surface area contributed by atoms with Crippen LogP contribution < -0.4 is 16.0 Å². The summed E-state index contributed by atoms with van der Waals surface area (Å²) in [5, 5.41) is 4.97. The quantitative estimate of drug-likeness (QED) is 0.889. The van der Waals surface area contributed by atoms with Crippen LogP contribution >= 0.6 is 12.4 Å². The molecule has 0 aliphatic carbocycles. The fourth-order valence-electron chi connectivity index (χ4n) is 2.98. The molecule has 1 aliphatic rings. The van der Waals surface area contributed by atoms with Gasteiger partial charge >= 0.3 is 0 Å². The Balaban J connectivity index is 0.00000208. The van der Waals surface area contributed by atoms with Crippen LogP contribution in [0.25, 0.3) is 10.8 Å². The minimum Gasteiger partial charge on any atom is -0.352 e. The molecular formula is C18H22ClN3O2. The van der Waals surface area contributed by atoms with Crippen LogP contribution in [0.15, 0.2) is 42.5 Å². The second-order valence-electron chi connectivity index (χ2n) is 6.05. The normalized spacial score (nSPS) is 18.3. The fraction of sp³-hybridized carbons (Fsp3) is 0.333. The Labute approximate surface area is 147 Å². The van der Waals surface area contributed by atoms with E-state index < -0.39 is 0 Å². The molecule has 1 fully saturated rings. The van der Waals surface area contributed by atoms with Crippen molar-refractivity contribution >= 4 is 40.7 Å². The summed E-state index contributed by atoms with van der Waals surface area (Å²) >= 11 is 0. The van der Waals surface area contributed by atoms with Gasteiger partial charge in [0.05, 0.1) is 11.6 Å². The molecular weight excluding hydrogens is 326 g/mol. The summed E-state index contributed by atoms with van der Waals surface area (Å²) in [4.78, 5) is 26.4. The molecule has 3 N–H and O–H groups in total. The predicted molar refractivity (Wildman–Crippen MR) is 98.3 cm³/mol. The molecule has 0 spiro atoms. The molecule has 6 heteroatoms. The van der Waals surface area contributed by atoms with Crippen LogP contribution in [0.3, 0.4) is 0 Å². The summed E-state index contributed by atoms with van der Waals surface area (Å²) in [6.07, 6.45) is 0.242. The minimum absolute atomic E-state index is 0. The number of benzene rings is 2. The first-order valence-corrected chi connectivity index (χ1v) is 7.88. The maximum Gasteiger partial charge on any atom is 0.227 e. The molecule has 2 aromatic carbocycles. The highest BCUT2D eigenvalue weighted by atomic mass is 35.5. The van der Waals surface area contributed by atoms with Crippen LogP contribution in [0.1, 0.15) is 13.3 Å². The molecule has 3 rings (SSSR count). The van der Waals surface area contributed by atoms with E-state index in [1.54, 1.807) is 4.90 Å². The van der Waals surface area contributed by atoms with Crippen LogP contribution in [0.5, 0.6) is 0 Å². The third-order valence-corrected chi connectivity index (χ3v) is 4.30. The third kappa shape index (κ3) is 3.52. The summed E-state index contributed by atoms with van der Waals surface area (Å²) < 4.78 is 0. The Kier molecular flexibility index (Phi) is 5.80.